The second kappa shape index (κ2) is 8.21. The molecule has 2 aromatic carbocycles. The lowest BCUT2D eigenvalue weighted by molar-refractivity contribution is -0.274. The molecule has 0 radical (unpaired) electrons. The Kier molecular flexibility index (Phi) is 6.06. The van der Waals surface area contributed by atoms with Crippen molar-refractivity contribution in [1.29, 1.82) is 0 Å². The molecule has 11 heteroatoms. The summed E-state index contributed by atoms with van der Waals surface area (Å²) in [7, 11) is -3.73. The maximum absolute atomic E-state index is 12.7. The Morgan fingerprint density at radius 3 is 2.17 bits per heavy atom. The van der Waals surface area contributed by atoms with Crippen LogP contribution in [0.25, 0.3) is 0 Å². The third-order valence-electron chi connectivity index (χ3n) is 4.29. The number of halogens is 4. The number of carbonyl (C=O) groups excluding carboxylic acids is 1. The van der Waals surface area contributed by atoms with Gasteiger partial charge in [0.2, 0.25) is 10.0 Å². The number of amides is 1. The largest absolute Gasteiger partial charge is 0.573 e. The zero-order chi connectivity index (χ0) is 21.2. The number of piperazine rings is 1. The van der Waals surface area contributed by atoms with Gasteiger partial charge in [0.25, 0.3) is 5.91 Å². The van der Waals surface area contributed by atoms with Crippen LogP contribution in [0.15, 0.2) is 53.4 Å². The predicted molar refractivity (Wildman–Crippen MR) is 99.2 cm³/mol. The average Bonchev–Trinajstić information content (AvgIpc) is 2.67. The molecule has 3 rings (SSSR count). The van der Waals surface area contributed by atoms with Crippen LogP contribution in [-0.4, -0.2) is 56.1 Å². The first-order chi connectivity index (χ1) is 13.6. The van der Waals surface area contributed by atoms with Crippen LogP contribution in [0.2, 0.25) is 5.02 Å². The summed E-state index contributed by atoms with van der Waals surface area (Å²) in [6.45, 7) is 0.491. The minimum atomic E-state index is -4.81. The maximum atomic E-state index is 12.7. The second-order valence-corrected chi connectivity index (χ2v) is 8.60. The first kappa shape index (κ1) is 21.4. The number of hydrogen-bond acceptors (Lipinski definition) is 4. The minimum Gasteiger partial charge on any atom is -0.406 e. The van der Waals surface area contributed by atoms with Crippen LogP contribution in [-0.2, 0) is 10.0 Å². The second-order valence-electron chi connectivity index (χ2n) is 6.23. The monoisotopic (exact) mass is 448 g/mol. The van der Waals surface area contributed by atoms with E-state index in [2.05, 4.69) is 4.74 Å². The van der Waals surface area contributed by atoms with Crippen LogP contribution in [0.4, 0.5) is 13.2 Å². The number of sulfonamides is 1. The first-order valence-corrected chi connectivity index (χ1v) is 10.3. The first-order valence-electron chi connectivity index (χ1n) is 8.47. The Morgan fingerprint density at radius 2 is 1.62 bits per heavy atom. The van der Waals surface area contributed by atoms with Crippen LogP contribution in [0.1, 0.15) is 10.4 Å². The molecule has 0 spiro atoms. The van der Waals surface area contributed by atoms with Crippen LogP contribution < -0.4 is 4.74 Å². The van der Waals surface area contributed by atoms with E-state index >= 15 is 0 Å². The van der Waals surface area contributed by atoms with E-state index in [9.17, 15) is 26.4 Å². The highest BCUT2D eigenvalue weighted by Gasteiger charge is 2.32. The summed E-state index contributed by atoms with van der Waals surface area (Å²) < 4.78 is 67.1. The molecule has 2 aromatic rings. The predicted octanol–water partition coefficient (Wildman–Crippen LogP) is 3.39. The lowest BCUT2D eigenvalue weighted by Gasteiger charge is -2.34. The fourth-order valence-corrected chi connectivity index (χ4v) is 4.61. The number of ether oxygens (including phenoxy) is 1. The van der Waals surface area contributed by atoms with E-state index in [-0.39, 0.29) is 36.6 Å². The molecule has 6 nitrogen and oxygen atoms in total. The molecule has 1 amide bonds. The smallest absolute Gasteiger partial charge is 0.406 e. The fraction of sp³-hybridized carbons (Fsp3) is 0.278. The van der Waals surface area contributed by atoms with Crippen molar-refractivity contribution in [2.45, 2.75) is 11.3 Å². The molecule has 1 aliphatic rings. The Morgan fingerprint density at radius 1 is 1.00 bits per heavy atom. The summed E-state index contributed by atoms with van der Waals surface area (Å²) in [5.41, 5.74) is 0.186. The Balaban J connectivity index is 1.64. The Bertz CT molecular complexity index is 989. The van der Waals surface area contributed by atoms with Gasteiger partial charge in [-0.2, -0.15) is 4.31 Å². The lowest BCUT2D eigenvalue weighted by Crippen LogP contribution is -2.50. The number of nitrogens with zero attached hydrogens (tertiary/aromatic N) is 2. The summed E-state index contributed by atoms with van der Waals surface area (Å²) in [4.78, 5) is 14.1. The summed E-state index contributed by atoms with van der Waals surface area (Å²) in [5.74, 6) is -0.824. The molecular formula is C18H16ClF3N2O4S. The third-order valence-corrected chi connectivity index (χ3v) is 6.42. The summed E-state index contributed by atoms with van der Waals surface area (Å²) in [5, 5.41) is 0.304. The number of alkyl halides is 3. The van der Waals surface area contributed by atoms with Gasteiger partial charge < -0.3 is 9.64 Å². The molecule has 1 saturated heterocycles. The van der Waals surface area contributed by atoms with Gasteiger partial charge in [0.15, 0.2) is 0 Å². The quantitative estimate of drug-likeness (QED) is 0.719. The van der Waals surface area contributed by atoms with Crippen LogP contribution in [0.5, 0.6) is 5.75 Å². The molecule has 0 bridgehead atoms. The summed E-state index contributed by atoms with van der Waals surface area (Å²) in [6.07, 6.45) is -4.81. The fourth-order valence-electron chi connectivity index (χ4n) is 2.89. The lowest BCUT2D eigenvalue weighted by atomic mass is 10.2. The van der Waals surface area contributed by atoms with E-state index in [1.807, 2.05) is 0 Å². The summed E-state index contributed by atoms with van der Waals surface area (Å²) >= 11 is 5.86. The molecule has 1 heterocycles. The van der Waals surface area contributed by atoms with E-state index in [1.165, 1.54) is 33.5 Å². The number of rotatable bonds is 4. The van der Waals surface area contributed by atoms with Crippen molar-refractivity contribution in [3.05, 3.63) is 59.1 Å². The van der Waals surface area contributed by atoms with Crippen molar-refractivity contribution in [2.75, 3.05) is 26.2 Å². The highest BCUT2D eigenvalue weighted by molar-refractivity contribution is 7.89. The van der Waals surface area contributed by atoms with Gasteiger partial charge in [-0.3, -0.25) is 4.79 Å². The molecule has 0 unspecified atom stereocenters. The normalized spacial score (nSPS) is 15.9. The van der Waals surface area contributed by atoms with Gasteiger partial charge in [-0.05, 0) is 42.5 Å². The van der Waals surface area contributed by atoms with Crippen molar-refractivity contribution < 1.29 is 31.1 Å². The van der Waals surface area contributed by atoms with E-state index in [0.717, 1.165) is 12.1 Å². The Hall–Kier alpha value is -2.30. The van der Waals surface area contributed by atoms with E-state index in [0.29, 0.717) is 5.02 Å². The zero-order valence-corrected chi connectivity index (χ0v) is 16.5. The van der Waals surface area contributed by atoms with Crippen molar-refractivity contribution in [3.63, 3.8) is 0 Å². The highest BCUT2D eigenvalue weighted by Crippen LogP contribution is 2.24. The zero-order valence-electron chi connectivity index (χ0n) is 14.9. The molecule has 0 N–H and O–H groups in total. The van der Waals surface area contributed by atoms with Crippen molar-refractivity contribution in [1.82, 2.24) is 9.21 Å². The molecule has 0 atom stereocenters. The molecule has 1 aliphatic heterocycles. The third kappa shape index (κ3) is 5.20. The topological polar surface area (TPSA) is 66.9 Å². The minimum absolute atomic E-state index is 0.0741. The average molecular weight is 449 g/mol. The maximum Gasteiger partial charge on any atom is 0.573 e. The summed E-state index contributed by atoms with van der Waals surface area (Å²) in [6, 6.07) is 10.5. The molecule has 1 fully saturated rings. The number of benzene rings is 2. The molecule has 0 aromatic heterocycles. The van der Waals surface area contributed by atoms with Gasteiger partial charge in [-0.1, -0.05) is 17.7 Å². The van der Waals surface area contributed by atoms with E-state index in [4.69, 9.17) is 11.6 Å². The highest BCUT2D eigenvalue weighted by atomic mass is 35.5. The van der Waals surface area contributed by atoms with Crippen LogP contribution in [0.3, 0.4) is 0 Å². The van der Waals surface area contributed by atoms with Crippen LogP contribution >= 0.6 is 11.6 Å². The molecule has 29 heavy (non-hydrogen) atoms. The number of carbonyl (C=O) groups is 1. The van der Waals surface area contributed by atoms with Crippen LogP contribution in [0, 0.1) is 0 Å². The van der Waals surface area contributed by atoms with Gasteiger partial charge >= 0.3 is 6.36 Å². The van der Waals surface area contributed by atoms with Gasteiger partial charge in [-0.25, -0.2) is 8.42 Å². The van der Waals surface area contributed by atoms with Gasteiger partial charge in [0, 0.05) is 36.8 Å². The molecule has 0 aliphatic carbocycles. The SMILES string of the molecule is O=C(c1ccc(OC(F)(F)F)cc1)N1CCN(S(=O)(=O)c2cccc(Cl)c2)CC1. The Labute approximate surface area is 170 Å². The van der Waals surface area contributed by atoms with Crippen molar-refractivity contribution >= 4 is 27.5 Å². The number of hydrogen-bond donors (Lipinski definition) is 0. The van der Waals surface area contributed by atoms with E-state index in [1.54, 1.807) is 12.1 Å². The van der Waals surface area contributed by atoms with Gasteiger partial charge in [0.1, 0.15) is 5.75 Å². The molecule has 156 valence electrons. The van der Waals surface area contributed by atoms with E-state index < -0.39 is 28.0 Å². The van der Waals surface area contributed by atoms with Gasteiger partial charge in [-0.15, -0.1) is 13.2 Å². The standard InChI is InChI=1S/C18H16ClF3N2O4S/c19-14-2-1-3-16(12-14)29(26,27)24-10-8-23(9-11-24)17(25)13-4-6-15(7-5-13)28-18(20,21)22/h1-7,12H,8-11H2. The van der Waals surface area contributed by atoms with Gasteiger partial charge in [0.05, 0.1) is 4.90 Å². The van der Waals surface area contributed by atoms with Crippen molar-refractivity contribution in [2.24, 2.45) is 0 Å². The molecular weight excluding hydrogens is 433 g/mol. The van der Waals surface area contributed by atoms with Crippen molar-refractivity contribution in [3.8, 4) is 5.75 Å². The molecule has 0 saturated carbocycles.